The Labute approximate surface area is 160 Å². The number of pyridine rings is 1. The molecule has 1 aromatic heterocycles. The minimum absolute atomic E-state index is 0. The number of rotatable bonds is 9. The molecule has 1 heterocycles. The summed E-state index contributed by atoms with van der Waals surface area (Å²) >= 11 is 0. The fourth-order valence-electron chi connectivity index (χ4n) is 2.68. The number of aromatic nitrogens is 1. The highest BCUT2D eigenvalue weighted by Gasteiger charge is 2.17. The summed E-state index contributed by atoms with van der Waals surface area (Å²) in [4.78, 5) is 12.0. The first-order valence-electron chi connectivity index (χ1n) is 8.63. The number of aliphatic hydroxyl groups excluding tert-OH is 1. The molecule has 0 saturated heterocycles. The van der Waals surface area contributed by atoms with E-state index in [1.807, 2.05) is 55.5 Å². The molecule has 4 nitrogen and oxygen atoms in total. The van der Waals surface area contributed by atoms with Crippen LogP contribution in [0.3, 0.4) is 0 Å². The summed E-state index contributed by atoms with van der Waals surface area (Å²) in [5.41, 5.74) is 0.824. The number of unbranched alkanes of at least 4 members (excludes halogenated alkanes) is 2. The number of hydrogen-bond acceptors (Lipinski definition) is 2. The fourth-order valence-corrected chi connectivity index (χ4v) is 2.68. The van der Waals surface area contributed by atoms with Crippen LogP contribution in [0, 0.1) is 0 Å². The lowest BCUT2D eigenvalue weighted by molar-refractivity contribution is -0.697. The minimum atomic E-state index is -0.676. The van der Waals surface area contributed by atoms with Crippen LogP contribution in [0.4, 0.5) is 0 Å². The SMILES string of the molecule is C[C@H](NC(=O)CCCCC[n+]1ccccc1)[C@H](O)c1ccccc1.[Br-]. The maximum absolute atomic E-state index is 12.0. The third-order valence-corrected chi connectivity index (χ3v) is 4.10. The van der Waals surface area contributed by atoms with Crippen molar-refractivity contribution in [2.75, 3.05) is 0 Å². The first-order chi connectivity index (χ1) is 11.7. The van der Waals surface area contributed by atoms with Crippen molar-refractivity contribution in [3.8, 4) is 0 Å². The molecule has 136 valence electrons. The second kappa shape index (κ2) is 11.8. The van der Waals surface area contributed by atoms with Gasteiger partial charge in [0.15, 0.2) is 12.4 Å². The molecule has 0 spiro atoms. The minimum Gasteiger partial charge on any atom is -1.00 e. The second-order valence-corrected chi connectivity index (χ2v) is 6.14. The first-order valence-corrected chi connectivity index (χ1v) is 8.63. The van der Waals surface area contributed by atoms with Gasteiger partial charge in [-0.2, -0.15) is 0 Å². The predicted molar refractivity (Wildman–Crippen MR) is 94.1 cm³/mol. The van der Waals surface area contributed by atoms with E-state index in [-0.39, 0.29) is 28.9 Å². The number of aryl methyl sites for hydroxylation is 1. The number of aliphatic hydroxyl groups is 1. The summed E-state index contributed by atoms with van der Waals surface area (Å²) in [7, 11) is 0. The van der Waals surface area contributed by atoms with Gasteiger partial charge in [0.1, 0.15) is 6.54 Å². The number of amides is 1. The number of carbonyl (C=O) groups excluding carboxylic acids is 1. The van der Waals surface area contributed by atoms with Crippen molar-refractivity contribution in [2.45, 2.75) is 51.3 Å². The van der Waals surface area contributed by atoms with Crippen LogP contribution in [0.15, 0.2) is 60.9 Å². The molecule has 0 saturated carbocycles. The molecule has 0 unspecified atom stereocenters. The van der Waals surface area contributed by atoms with Crippen molar-refractivity contribution < 1.29 is 31.4 Å². The third kappa shape index (κ3) is 7.80. The Morgan fingerprint density at radius 3 is 2.36 bits per heavy atom. The zero-order valence-corrected chi connectivity index (χ0v) is 16.2. The third-order valence-electron chi connectivity index (χ3n) is 4.10. The smallest absolute Gasteiger partial charge is 0.220 e. The Kier molecular flexibility index (Phi) is 10.0. The van der Waals surface area contributed by atoms with Crippen molar-refractivity contribution in [3.05, 3.63) is 66.5 Å². The molecule has 2 rings (SSSR count). The average molecular weight is 407 g/mol. The highest BCUT2D eigenvalue weighted by molar-refractivity contribution is 5.76. The van der Waals surface area contributed by atoms with Crippen LogP contribution in [0.1, 0.15) is 44.3 Å². The van der Waals surface area contributed by atoms with Crippen LogP contribution in [-0.2, 0) is 11.3 Å². The number of halogens is 1. The van der Waals surface area contributed by atoms with E-state index in [2.05, 4.69) is 22.3 Å². The van der Waals surface area contributed by atoms with E-state index in [4.69, 9.17) is 0 Å². The normalized spacial score (nSPS) is 12.7. The van der Waals surface area contributed by atoms with Crippen molar-refractivity contribution >= 4 is 5.91 Å². The molecule has 2 aromatic rings. The lowest BCUT2D eigenvalue weighted by atomic mass is 10.0. The summed E-state index contributed by atoms with van der Waals surface area (Å²) in [5, 5.41) is 13.1. The second-order valence-electron chi connectivity index (χ2n) is 6.14. The van der Waals surface area contributed by atoms with Gasteiger partial charge < -0.3 is 27.4 Å². The van der Waals surface area contributed by atoms with Gasteiger partial charge in [-0.25, -0.2) is 4.57 Å². The molecule has 1 aromatic carbocycles. The molecule has 1 amide bonds. The molecule has 2 N–H and O–H groups in total. The Balaban J connectivity index is 0.00000312. The van der Waals surface area contributed by atoms with Gasteiger partial charge in [0, 0.05) is 25.0 Å². The topological polar surface area (TPSA) is 53.2 Å². The monoisotopic (exact) mass is 406 g/mol. The quantitative estimate of drug-likeness (QED) is 0.446. The molecule has 0 aliphatic carbocycles. The molecule has 0 aliphatic rings. The predicted octanol–water partition coefficient (Wildman–Crippen LogP) is -0.223. The van der Waals surface area contributed by atoms with E-state index in [1.165, 1.54) is 0 Å². The molecule has 0 fully saturated rings. The number of benzene rings is 1. The summed E-state index contributed by atoms with van der Waals surface area (Å²) in [5.74, 6) is 0.00449. The Bertz CT molecular complexity index is 608. The van der Waals surface area contributed by atoms with Crippen molar-refractivity contribution in [2.24, 2.45) is 0 Å². The molecular formula is C20H27BrN2O2. The molecular weight excluding hydrogens is 380 g/mol. The van der Waals surface area contributed by atoms with Gasteiger partial charge in [0.2, 0.25) is 5.91 Å². The zero-order chi connectivity index (χ0) is 17.2. The fraction of sp³-hybridized carbons (Fsp3) is 0.400. The van der Waals surface area contributed by atoms with Crippen LogP contribution in [-0.4, -0.2) is 17.1 Å². The zero-order valence-electron chi connectivity index (χ0n) is 14.6. The molecule has 0 bridgehead atoms. The van der Waals surface area contributed by atoms with Crippen molar-refractivity contribution in [1.82, 2.24) is 5.32 Å². The van der Waals surface area contributed by atoms with Gasteiger partial charge in [0.05, 0.1) is 12.1 Å². The van der Waals surface area contributed by atoms with E-state index in [9.17, 15) is 9.90 Å². The highest BCUT2D eigenvalue weighted by atomic mass is 79.9. The summed E-state index contributed by atoms with van der Waals surface area (Å²) in [6, 6.07) is 15.2. The van der Waals surface area contributed by atoms with Gasteiger partial charge >= 0.3 is 0 Å². The maximum Gasteiger partial charge on any atom is 0.220 e. The van der Waals surface area contributed by atoms with Gasteiger partial charge in [-0.05, 0) is 25.3 Å². The van der Waals surface area contributed by atoms with Crippen molar-refractivity contribution in [3.63, 3.8) is 0 Å². The van der Waals surface area contributed by atoms with Gasteiger partial charge in [-0.1, -0.05) is 36.4 Å². The lowest BCUT2D eigenvalue weighted by Crippen LogP contribution is -3.00. The van der Waals surface area contributed by atoms with Gasteiger partial charge in [-0.15, -0.1) is 0 Å². The maximum atomic E-state index is 12.0. The van der Waals surface area contributed by atoms with E-state index in [0.717, 1.165) is 31.4 Å². The summed E-state index contributed by atoms with van der Waals surface area (Å²) in [6.45, 7) is 2.81. The Hall–Kier alpha value is -1.72. The lowest BCUT2D eigenvalue weighted by Gasteiger charge is -2.20. The molecule has 5 heteroatoms. The number of nitrogens with zero attached hydrogens (tertiary/aromatic N) is 1. The van der Waals surface area contributed by atoms with Crippen molar-refractivity contribution in [1.29, 1.82) is 0 Å². The van der Waals surface area contributed by atoms with E-state index in [1.54, 1.807) is 0 Å². The average Bonchev–Trinajstić information content (AvgIpc) is 2.62. The van der Waals surface area contributed by atoms with Crippen LogP contribution in [0.25, 0.3) is 0 Å². The van der Waals surface area contributed by atoms with Gasteiger partial charge in [0.25, 0.3) is 0 Å². The molecule has 25 heavy (non-hydrogen) atoms. The van der Waals surface area contributed by atoms with Gasteiger partial charge in [-0.3, -0.25) is 4.79 Å². The van der Waals surface area contributed by atoms with E-state index >= 15 is 0 Å². The number of hydrogen-bond donors (Lipinski definition) is 2. The Morgan fingerprint density at radius 2 is 1.68 bits per heavy atom. The molecule has 2 atom stereocenters. The number of nitrogens with one attached hydrogen (secondary N) is 1. The summed E-state index contributed by atoms with van der Waals surface area (Å²) < 4.78 is 2.15. The van der Waals surface area contributed by atoms with Crippen LogP contribution < -0.4 is 26.9 Å². The van der Waals surface area contributed by atoms with Crippen LogP contribution in [0.2, 0.25) is 0 Å². The van der Waals surface area contributed by atoms with Crippen LogP contribution >= 0.6 is 0 Å². The summed E-state index contributed by atoms with van der Waals surface area (Å²) in [6.07, 6.45) is 6.89. The first kappa shape index (κ1) is 21.3. The van der Waals surface area contributed by atoms with E-state index in [0.29, 0.717) is 6.42 Å². The van der Waals surface area contributed by atoms with E-state index < -0.39 is 6.10 Å². The number of carbonyl (C=O) groups is 1. The molecule has 0 radical (unpaired) electrons. The standard InChI is InChI=1S/C20H26N2O2.BrH/c1-17(20(24)18-11-5-2-6-12-18)21-19(23)13-7-3-8-14-22-15-9-4-10-16-22;/h2,4-6,9-12,15-17,20,24H,3,7-8,13-14H2,1H3;1H/t17-,20-;/m0./s1. The van der Waals surface area contributed by atoms with Crippen LogP contribution in [0.5, 0.6) is 0 Å². The Morgan fingerprint density at radius 1 is 1.04 bits per heavy atom. The molecule has 0 aliphatic heterocycles. The largest absolute Gasteiger partial charge is 1.00 e. The highest BCUT2D eigenvalue weighted by Crippen LogP contribution is 2.16.